The minimum Gasteiger partial charge on any atom is -0.465 e. The van der Waals surface area contributed by atoms with E-state index in [1.165, 1.54) is 10.5 Å². The summed E-state index contributed by atoms with van der Waals surface area (Å²) in [5.41, 5.74) is 2.36. The Labute approximate surface area is 138 Å². The van der Waals surface area contributed by atoms with Crippen LogP contribution in [0.2, 0.25) is 0 Å². The van der Waals surface area contributed by atoms with E-state index in [4.69, 9.17) is 0 Å². The van der Waals surface area contributed by atoms with Crippen LogP contribution in [0.5, 0.6) is 0 Å². The third-order valence-electron chi connectivity index (χ3n) is 3.78. The van der Waals surface area contributed by atoms with E-state index in [0.717, 1.165) is 12.0 Å². The normalized spacial score (nSPS) is 12.0. The molecule has 0 fully saturated rings. The maximum atomic E-state index is 12.4. The van der Waals surface area contributed by atoms with Gasteiger partial charge in [0.2, 0.25) is 5.91 Å². The zero-order chi connectivity index (χ0) is 17.4. The molecule has 5 heteroatoms. The standard InChI is InChI=1S/C18H28N2O3/c1-5-12-20(18(22)23)16(13(2)3)17(21)19-11-10-15-8-6-14(4)7-9-15/h6-9,13,16H,5,10-12H2,1-4H3,(H,19,21)(H,22,23). The Balaban J connectivity index is 2.63. The fraction of sp³-hybridized carbons (Fsp3) is 0.556. The molecule has 0 saturated carbocycles. The summed E-state index contributed by atoms with van der Waals surface area (Å²) in [7, 11) is 0. The molecule has 2 N–H and O–H groups in total. The number of carbonyl (C=O) groups excluding carboxylic acids is 1. The summed E-state index contributed by atoms with van der Waals surface area (Å²) in [4.78, 5) is 25.1. The number of benzene rings is 1. The first-order valence-electron chi connectivity index (χ1n) is 8.19. The minimum absolute atomic E-state index is 0.0722. The largest absolute Gasteiger partial charge is 0.465 e. The summed E-state index contributed by atoms with van der Waals surface area (Å²) in [6.45, 7) is 8.55. The fourth-order valence-corrected chi connectivity index (χ4v) is 2.59. The second kappa shape index (κ2) is 9.18. The van der Waals surface area contributed by atoms with E-state index in [9.17, 15) is 14.7 Å². The van der Waals surface area contributed by atoms with Crippen molar-refractivity contribution >= 4 is 12.0 Å². The van der Waals surface area contributed by atoms with Gasteiger partial charge in [-0.1, -0.05) is 50.6 Å². The molecule has 23 heavy (non-hydrogen) atoms. The van der Waals surface area contributed by atoms with Crippen molar-refractivity contribution in [1.82, 2.24) is 10.2 Å². The van der Waals surface area contributed by atoms with E-state index in [0.29, 0.717) is 19.5 Å². The fourth-order valence-electron chi connectivity index (χ4n) is 2.59. The molecule has 0 aliphatic carbocycles. The van der Waals surface area contributed by atoms with Crippen molar-refractivity contribution in [3.05, 3.63) is 35.4 Å². The number of nitrogens with one attached hydrogen (secondary N) is 1. The van der Waals surface area contributed by atoms with Gasteiger partial charge in [0.05, 0.1) is 0 Å². The van der Waals surface area contributed by atoms with Crippen LogP contribution in [0.25, 0.3) is 0 Å². The van der Waals surface area contributed by atoms with Gasteiger partial charge in [-0.05, 0) is 31.2 Å². The van der Waals surface area contributed by atoms with Crippen molar-refractivity contribution in [3.63, 3.8) is 0 Å². The quantitative estimate of drug-likeness (QED) is 0.773. The molecule has 0 spiro atoms. The van der Waals surface area contributed by atoms with Crippen molar-refractivity contribution in [2.24, 2.45) is 5.92 Å². The lowest BCUT2D eigenvalue weighted by Crippen LogP contribution is -2.52. The van der Waals surface area contributed by atoms with Gasteiger partial charge in [0, 0.05) is 13.1 Å². The van der Waals surface area contributed by atoms with Gasteiger partial charge in [-0.25, -0.2) is 4.79 Å². The second-order valence-corrected chi connectivity index (χ2v) is 6.19. The summed E-state index contributed by atoms with van der Waals surface area (Å²) in [6, 6.07) is 7.53. The number of hydrogen-bond acceptors (Lipinski definition) is 2. The molecule has 2 amide bonds. The molecular formula is C18H28N2O3. The number of rotatable bonds is 8. The molecule has 1 unspecified atom stereocenters. The lowest BCUT2D eigenvalue weighted by Gasteiger charge is -2.31. The SMILES string of the molecule is CCCN(C(=O)O)C(C(=O)NCCc1ccc(C)cc1)C(C)C. The average molecular weight is 320 g/mol. The van der Waals surface area contributed by atoms with Gasteiger partial charge in [-0.3, -0.25) is 9.69 Å². The lowest BCUT2D eigenvalue weighted by atomic mass is 10.0. The number of amides is 2. The van der Waals surface area contributed by atoms with Gasteiger partial charge in [0.25, 0.3) is 0 Å². The van der Waals surface area contributed by atoms with Crippen LogP contribution in [0, 0.1) is 12.8 Å². The van der Waals surface area contributed by atoms with Crippen LogP contribution in [0.15, 0.2) is 24.3 Å². The van der Waals surface area contributed by atoms with Crippen molar-refractivity contribution in [1.29, 1.82) is 0 Å². The highest BCUT2D eigenvalue weighted by molar-refractivity contribution is 5.85. The van der Waals surface area contributed by atoms with E-state index < -0.39 is 12.1 Å². The van der Waals surface area contributed by atoms with Crippen molar-refractivity contribution < 1.29 is 14.7 Å². The van der Waals surface area contributed by atoms with Crippen LogP contribution in [0.3, 0.4) is 0 Å². The van der Waals surface area contributed by atoms with Gasteiger partial charge >= 0.3 is 6.09 Å². The monoisotopic (exact) mass is 320 g/mol. The first-order chi connectivity index (χ1) is 10.9. The predicted molar refractivity (Wildman–Crippen MR) is 91.5 cm³/mol. The Kier molecular flexibility index (Phi) is 7.59. The predicted octanol–water partition coefficient (Wildman–Crippen LogP) is 3.07. The lowest BCUT2D eigenvalue weighted by molar-refractivity contribution is -0.127. The summed E-state index contributed by atoms with van der Waals surface area (Å²) in [5, 5.41) is 12.2. The third-order valence-corrected chi connectivity index (χ3v) is 3.78. The molecule has 0 aromatic heterocycles. The molecule has 0 aliphatic heterocycles. The number of nitrogens with zero attached hydrogens (tertiary/aromatic N) is 1. The molecule has 1 atom stereocenters. The van der Waals surface area contributed by atoms with E-state index in [1.54, 1.807) is 0 Å². The molecule has 1 aromatic rings. The summed E-state index contributed by atoms with van der Waals surface area (Å²) < 4.78 is 0. The average Bonchev–Trinajstić information content (AvgIpc) is 2.48. The van der Waals surface area contributed by atoms with Crippen LogP contribution in [-0.4, -0.2) is 41.1 Å². The minimum atomic E-state index is -1.04. The molecule has 0 heterocycles. The Morgan fingerprint density at radius 3 is 2.30 bits per heavy atom. The van der Waals surface area contributed by atoms with E-state index in [2.05, 4.69) is 5.32 Å². The number of carboxylic acid groups (broad SMARTS) is 1. The zero-order valence-electron chi connectivity index (χ0n) is 14.5. The Hall–Kier alpha value is -2.04. The van der Waals surface area contributed by atoms with Gasteiger partial charge in [0.1, 0.15) is 6.04 Å². The molecular weight excluding hydrogens is 292 g/mol. The third kappa shape index (κ3) is 5.93. The maximum Gasteiger partial charge on any atom is 0.407 e. The Bertz CT molecular complexity index is 512. The molecule has 5 nitrogen and oxygen atoms in total. The zero-order valence-corrected chi connectivity index (χ0v) is 14.5. The van der Waals surface area contributed by atoms with Crippen LogP contribution in [-0.2, 0) is 11.2 Å². The molecule has 0 aliphatic rings. The van der Waals surface area contributed by atoms with E-state index in [1.807, 2.05) is 52.0 Å². The molecule has 0 bridgehead atoms. The topological polar surface area (TPSA) is 69.6 Å². The number of aryl methyl sites for hydroxylation is 1. The molecule has 1 aromatic carbocycles. The van der Waals surface area contributed by atoms with Gasteiger partial charge in [-0.2, -0.15) is 0 Å². The number of carbonyl (C=O) groups is 2. The molecule has 128 valence electrons. The van der Waals surface area contributed by atoms with E-state index >= 15 is 0 Å². The Morgan fingerprint density at radius 2 is 1.83 bits per heavy atom. The second-order valence-electron chi connectivity index (χ2n) is 6.19. The highest BCUT2D eigenvalue weighted by Gasteiger charge is 2.31. The first-order valence-corrected chi connectivity index (χ1v) is 8.19. The maximum absolute atomic E-state index is 12.4. The summed E-state index contributed by atoms with van der Waals surface area (Å²) in [6.07, 6.45) is 0.378. The Morgan fingerprint density at radius 1 is 1.22 bits per heavy atom. The highest BCUT2D eigenvalue weighted by atomic mass is 16.4. The van der Waals surface area contributed by atoms with Gasteiger partial charge < -0.3 is 10.4 Å². The van der Waals surface area contributed by atoms with Gasteiger partial charge in [-0.15, -0.1) is 0 Å². The van der Waals surface area contributed by atoms with Crippen molar-refractivity contribution in [3.8, 4) is 0 Å². The van der Waals surface area contributed by atoms with Crippen molar-refractivity contribution in [2.75, 3.05) is 13.1 Å². The van der Waals surface area contributed by atoms with Crippen LogP contribution < -0.4 is 5.32 Å². The first kappa shape index (κ1) is 19.0. The number of hydrogen-bond donors (Lipinski definition) is 2. The molecule has 0 radical (unpaired) electrons. The molecule has 0 saturated heterocycles. The van der Waals surface area contributed by atoms with Crippen LogP contribution in [0.4, 0.5) is 4.79 Å². The summed E-state index contributed by atoms with van der Waals surface area (Å²) in [5.74, 6) is -0.292. The smallest absolute Gasteiger partial charge is 0.407 e. The van der Waals surface area contributed by atoms with Crippen LogP contribution >= 0.6 is 0 Å². The highest BCUT2D eigenvalue weighted by Crippen LogP contribution is 2.12. The van der Waals surface area contributed by atoms with Crippen molar-refractivity contribution in [2.45, 2.75) is 46.6 Å². The van der Waals surface area contributed by atoms with E-state index in [-0.39, 0.29) is 11.8 Å². The van der Waals surface area contributed by atoms with Gasteiger partial charge in [0.15, 0.2) is 0 Å². The van der Waals surface area contributed by atoms with Crippen LogP contribution in [0.1, 0.15) is 38.3 Å². The molecule has 1 rings (SSSR count). The summed E-state index contributed by atoms with van der Waals surface area (Å²) >= 11 is 0.